The van der Waals surface area contributed by atoms with E-state index in [2.05, 4.69) is 9.97 Å². The Morgan fingerprint density at radius 3 is 2.61 bits per heavy atom. The number of carbonyl (C=O) groups is 2. The molecular formula is C21H19ClF3N4O2+. The molecule has 4 rings (SSSR count). The van der Waals surface area contributed by atoms with Crippen molar-refractivity contribution in [1.82, 2.24) is 9.88 Å². The molecule has 0 unspecified atom stereocenters. The minimum absolute atomic E-state index is 0.0514. The molecule has 162 valence electrons. The predicted molar refractivity (Wildman–Crippen MR) is 109 cm³/mol. The lowest BCUT2D eigenvalue weighted by molar-refractivity contribution is -0.367. The fourth-order valence-corrected chi connectivity index (χ4v) is 4.02. The second kappa shape index (κ2) is 8.22. The zero-order chi connectivity index (χ0) is 22.2. The van der Waals surface area contributed by atoms with E-state index in [0.29, 0.717) is 42.8 Å². The van der Waals surface area contributed by atoms with Crippen molar-refractivity contribution < 1.29 is 27.7 Å². The Morgan fingerprint density at radius 1 is 1.10 bits per heavy atom. The molecule has 0 saturated carbocycles. The largest absolute Gasteiger partial charge is 0.419 e. The van der Waals surface area contributed by atoms with Crippen LogP contribution < -0.4 is 9.88 Å². The summed E-state index contributed by atoms with van der Waals surface area (Å²) in [6.07, 6.45) is -1.55. The number of aromatic amines is 2. The number of halogens is 4. The zero-order valence-corrected chi connectivity index (χ0v) is 17.1. The van der Waals surface area contributed by atoms with Gasteiger partial charge >= 0.3 is 6.18 Å². The first-order valence-electron chi connectivity index (χ1n) is 9.69. The highest BCUT2D eigenvalue weighted by Crippen LogP contribution is 2.32. The second-order valence-corrected chi connectivity index (χ2v) is 7.70. The molecule has 0 radical (unpaired) electrons. The Labute approximate surface area is 180 Å². The third-order valence-corrected chi connectivity index (χ3v) is 5.62. The van der Waals surface area contributed by atoms with Gasteiger partial charge in [-0.05, 0) is 12.1 Å². The van der Waals surface area contributed by atoms with E-state index in [-0.39, 0.29) is 11.6 Å². The van der Waals surface area contributed by atoms with E-state index in [1.807, 2.05) is 12.1 Å². The van der Waals surface area contributed by atoms with E-state index in [4.69, 9.17) is 11.6 Å². The second-order valence-electron chi connectivity index (χ2n) is 7.29. The van der Waals surface area contributed by atoms with Gasteiger partial charge in [0, 0.05) is 30.1 Å². The van der Waals surface area contributed by atoms with E-state index < -0.39 is 23.4 Å². The number of Topliss-reactive ketones (excluding diaryl/α,β-unsaturated/α-hetero) is 1. The number of hydrogen-bond donors (Lipinski definition) is 1. The molecule has 1 aromatic carbocycles. The topological polar surface area (TPSA) is 70.6 Å². The van der Waals surface area contributed by atoms with Gasteiger partial charge in [-0.15, -0.1) is 0 Å². The third-order valence-electron chi connectivity index (χ3n) is 5.33. The molecule has 0 spiro atoms. The fraction of sp³-hybridized carbons (Fsp3) is 0.286. The lowest BCUT2D eigenvalue weighted by atomic mass is 10.1. The Morgan fingerprint density at radius 2 is 1.87 bits per heavy atom. The van der Waals surface area contributed by atoms with Gasteiger partial charge in [0.15, 0.2) is 0 Å². The van der Waals surface area contributed by atoms with Gasteiger partial charge in [-0.3, -0.25) is 14.5 Å². The summed E-state index contributed by atoms with van der Waals surface area (Å²) in [5.41, 5.74) is 0.228. The molecule has 1 aliphatic rings. The van der Waals surface area contributed by atoms with Gasteiger partial charge in [-0.25, -0.2) is 4.98 Å². The van der Waals surface area contributed by atoms with Crippen LogP contribution in [0.1, 0.15) is 22.3 Å². The van der Waals surface area contributed by atoms with Crippen LogP contribution in [0.5, 0.6) is 0 Å². The first-order chi connectivity index (χ1) is 14.8. The van der Waals surface area contributed by atoms with E-state index in [9.17, 15) is 22.8 Å². The Bertz CT molecular complexity index is 1150. The molecule has 3 heterocycles. The molecular weight excluding hydrogens is 433 g/mol. The van der Waals surface area contributed by atoms with Crippen molar-refractivity contribution in [3.8, 4) is 0 Å². The highest BCUT2D eigenvalue weighted by atomic mass is 35.5. The van der Waals surface area contributed by atoms with Crippen molar-refractivity contribution in [1.29, 1.82) is 0 Å². The Hall–Kier alpha value is -3.07. The summed E-state index contributed by atoms with van der Waals surface area (Å²) < 4.78 is 38.6. The standard InChI is InChI=1S/C21H18ClF3N4O2/c22-16-10-13(21(23,24)25)11-27-19(16)28-6-3-7-29(9-8-28)20(31)18(30)15-12-26-17-5-2-1-4-14(15)17/h1-2,4-5,10-12,26H,3,6-9H2/p+1. The fourth-order valence-electron chi connectivity index (χ4n) is 3.73. The maximum atomic E-state index is 12.9. The van der Waals surface area contributed by atoms with Crippen LogP contribution in [0.2, 0.25) is 5.02 Å². The minimum atomic E-state index is -4.50. The maximum Gasteiger partial charge on any atom is 0.419 e. The smallest absolute Gasteiger partial charge is 0.360 e. The monoisotopic (exact) mass is 451 g/mol. The summed E-state index contributed by atoms with van der Waals surface area (Å²) in [6.45, 7) is 1.42. The molecule has 1 saturated heterocycles. The SMILES string of the molecule is O=C(C(=O)N1CCCN(c2[nH+]cc(C(F)(F)F)cc2Cl)CC1)c1c[nH]c2ccccc12. The number of anilines is 1. The highest BCUT2D eigenvalue weighted by molar-refractivity contribution is 6.44. The number of alkyl halides is 3. The Kier molecular flexibility index (Phi) is 5.62. The molecule has 1 aliphatic heterocycles. The summed E-state index contributed by atoms with van der Waals surface area (Å²) in [7, 11) is 0. The summed E-state index contributed by atoms with van der Waals surface area (Å²) in [4.78, 5) is 34.5. The number of pyridine rings is 1. The van der Waals surface area contributed by atoms with Crippen LogP contribution in [0.15, 0.2) is 42.7 Å². The first kappa shape index (κ1) is 21.2. The van der Waals surface area contributed by atoms with Crippen LogP contribution in [0.4, 0.5) is 19.0 Å². The van der Waals surface area contributed by atoms with Gasteiger partial charge in [-0.1, -0.05) is 29.8 Å². The van der Waals surface area contributed by atoms with Crippen LogP contribution in [0.3, 0.4) is 0 Å². The van der Waals surface area contributed by atoms with Crippen molar-refractivity contribution in [2.75, 3.05) is 31.1 Å². The van der Waals surface area contributed by atoms with Crippen molar-refractivity contribution in [3.05, 3.63) is 58.9 Å². The maximum absolute atomic E-state index is 12.9. The molecule has 6 nitrogen and oxygen atoms in total. The highest BCUT2D eigenvalue weighted by Gasteiger charge is 2.35. The van der Waals surface area contributed by atoms with Crippen molar-refractivity contribution in [2.45, 2.75) is 12.6 Å². The van der Waals surface area contributed by atoms with E-state index >= 15 is 0 Å². The van der Waals surface area contributed by atoms with Crippen LogP contribution in [0.25, 0.3) is 10.9 Å². The van der Waals surface area contributed by atoms with E-state index in [0.717, 1.165) is 17.8 Å². The summed E-state index contributed by atoms with van der Waals surface area (Å²) in [6, 6.07) is 8.11. The average Bonchev–Trinajstić information content (AvgIpc) is 3.02. The Balaban J connectivity index is 1.48. The molecule has 0 bridgehead atoms. The number of para-hydroxylation sites is 1. The molecule has 2 N–H and O–H groups in total. The van der Waals surface area contributed by atoms with Gasteiger partial charge in [-0.2, -0.15) is 13.2 Å². The number of aromatic nitrogens is 2. The molecule has 0 aliphatic carbocycles. The van der Waals surface area contributed by atoms with Gasteiger partial charge in [0.1, 0.15) is 17.8 Å². The van der Waals surface area contributed by atoms with Gasteiger partial charge in [0.25, 0.3) is 17.5 Å². The summed E-state index contributed by atoms with van der Waals surface area (Å²) in [5.74, 6) is -0.842. The number of fused-ring (bicyclic) bond motifs is 1. The number of rotatable bonds is 3. The number of hydrogen-bond acceptors (Lipinski definition) is 3. The number of amides is 1. The lowest BCUT2D eigenvalue weighted by Crippen LogP contribution is -2.40. The number of ketones is 1. The van der Waals surface area contributed by atoms with Crippen LogP contribution in [0, 0.1) is 0 Å². The average molecular weight is 452 g/mol. The summed E-state index contributed by atoms with van der Waals surface area (Å²) >= 11 is 6.08. The molecule has 31 heavy (non-hydrogen) atoms. The predicted octanol–water partition coefficient (Wildman–Crippen LogP) is 3.58. The molecule has 2 aromatic heterocycles. The van der Waals surface area contributed by atoms with Crippen LogP contribution in [-0.4, -0.2) is 47.8 Å². The van der Waals surface area contributed by atoms with Gasteiger partial charge in [0.05, 0.1) is 24.2 Å². The zero-order valence-electron chi connectivity index (χ0n) is 16.3. The normalized spacial score (nSPS) is 15.2. The number of nitrogens with one attached hydrogen (secondary N) is 2. The molecule has 0 atom stereocenters. The number of carbonyl (C=O) groups excluding carboxylic acids is 2. The molecule has 1 amide bonds. The molecule has 1 fully saturated rings. The first-order valence-corrected chi connectivity index (χ1v) is 10.1. The number of nitrogens with zero attached hydrogens (tertiary/aromatic N) is 2. The van der Waals surface area contributed by atoms with Crippen LogP contribution in [-0.2, 0) is 11.0 Å². The van der Waals surface area contributed by atoms with Gasteiger partial charge < -0.3 is 9.88 Å². The van der Waals surface area contributed by atoms with Crippen molar-refractivity contribution in [3.63, 3.8) is 0 Å². The number of benzene rings is 1. The van der Waals surface area contributed by atoms with Gasteiger partial charge in [0.2, 0.25) is 0 Å². The quantitative estimate of drug-likeness (QED) is 0.489. The van der Waals surface area contributed by atoms with Crippen molar-refractivity contribution >= 4 is 40.0 Å². The third kappa shape index (κ3) is 4.23. The lowest BCUT2D eigenvalue weighted by Gasteiger charge is -2.19. The number of H-pyrrole nitrogens is 2. The van der Waals surface area contributed by atoms with E-state index in [1.165, 1.54) is 11.1 Å². The summed E-state index contributed by atoms with van der Waals surface area (Å²) in [5, 5.41) is 0.632. The molecule has 3 aromatic rings. The minimum Gasteiger partial charge on any atom is -0.360 e. The van der Waals surface area contributed by atoms with Crippen molar-refractivity contribution in [2.24, 2.45) is 0 Å². The van der Waals surface area contributed by atoms with E-state index in [1.54, 1.807) is 17.0 Å². The van der Waals surface area contributed by atoms with Crippen LogP contribution >= 0.6 is 11.6 Å². The molecule has 10 heteroatoms.